The maximum Gasteiger partial charge on any atom is 0.373 e. The maximum absolute atomic E-state index is 11.4. The number of nitrogens with zero attached hydrogens (tertiary/aromatic N) is 3. The number of esters is 1. The van der Waals surface area contributed by atoms with Crippen molar-refractivity contribution in [2.45, 2.75) is 24.4 Å². The molecule has 0 radical (unpaired) electrons. The Kier molecular flexibility index (Phi) is 5.00. The van der Waals surface area contributed by atoms with E-state index in [0.29, 0.717) is 18.1 Å². The molecule has 1 aromatic carbocycles. The third-order valence-electron chi connectivity index (χ3n) is 3.48. The quantitative estimate of drug-likeness (QED) is 0.505. The van der Waals surface area contributed by atoms with Crippen molar-refractivity contribution in [1.29, 1.82) is 0 Å². The highest BCUT2D eigenvalue weighted by atomic mass is 32.2. The predicted molar refractivity (Wildman–Crippen MR) is 89.9 cm³/mol. The van der Waals surface area contributed by atoms with Crippen molar-refractivity contribution < 1.29 is 13.9 Å². The van der Waals surface area contributed by atoms with Crippen LogP contribution in [0.1, 0.15) is 27.7 Å². The molecule has 0 spiro atoms. The summed E-state index contributed by atoms with van der Waals surface area (Å²) in [6.07, 6.45) is 0. The van der Waals surface area contributed by atoms with Gasteiger partial charge in [-0.15, -0.1) is 10.2 Å². The lowest BCUT2D eigenvalue weighted by Crippen LogP contribution is -2.03. The number of rotatable bonds is 6. The summed E-state index contributed by atoms with van der Waals surface area (Å²) in [7, 11) is 1.33. The maximum atomic E-state index is 11.4. The minimum absolute atomic E-state index is 0.204. The first kappa shape index (κ1) is 16.3. The van der Waals surface area contributed by atoms with Gasteiger partial charge in [-0.25, -0.2) is 4.79 Å². The van der Waals surface area contributed by atoms with Crippen LogP contribution in [0.25, 0.3) is 0 Å². The number of aryl methyl sites for hydroxylation is 1. The van der Waals surface area contributed by atoms with Crippen LogP contribution in [0.5, 0.6) is 0 Å². The van der Waals surface area contributed by atoms with Crippen molar-refractivity contribution in [3.63, 3.8) is 0 Å². The fourth-order valence-corrected chi connectivity index (χ4v) is 3.10. The lowest BCUT2D eigenvalue weighted by molar-refractivity contribution is 0.0563. The molecule has 0 aliphatic rings. The van der Waals surface area contributed by atoms with Gasteiger partial charge in [0, 0.05) is 0 Å². The van der Waals surface area contributed by atoms with Crippen molar-refractivity contribution in [1.82, 2.24) is 14.8 Å². The Balaban J connectivity index is 1.70. The first-order valence-corrected chi connectivity index (χ1v) is 8.39. The van der Waals surface area contributed by atoms with Crippen LogP contribution in [0.15, 0.2) is 52.0 Å². The Bertz CT molecular complexity index is 827. The molecule has 24 heavy (non-hydrogen) atoms. The smallest absolute Gasteiger partial charge is 0.373 e. The highest BCUT2D eigenvalue weighted by molar-refractivity contribution is 7.98. The number of benzene rings is 1. The van der Waals surface area contributed by atoms with Gasteiger partial charge in [-0.1, -0.05) is 42.1 Å². The first-order valence-electron chi connectivity index (χ1n) is 7.41. The molecular formula is C17H17N3O3S. The number of carbonyl (C=O) groups excluding carboxylic acids is 1. The number of aromatic nitrogens is 3. The Morgan fingerprint density at radius 1 is 1.21 bits per heavy atom. The number of ether oxygens (including phenoxy) is 1. The number of hydrogen-bond acceptors (Lipinski definition) is 6. The Hall–Kier alpha value is -2.54. The van der Waals surface area contributed by atoms with Crippen LogP contribution < -0.4 is 0 Å². The number of carbonyl (C=O) groups is 1. The van der Waals surface area contributed by atoms with E-state index in [4.69, 9.17) is 4.42 Å². The molecule has 2 heterocycles. The normalized spacial score (nSPS) is 10.8. The summed E-state index contributed by atoms with van der Waals surface area (Å²) in [4.78, 5) is 11.4. The van der Waals surface area contributed by atoms with Crippen molar-refractivity contribution >= 4 is 17.7 Å². The number of hydrogen-bond donors (Lipinski definition) is 0. The third kappa shape index (κ3) is 3.68. The standard InChI is InChI=1S/C17H17N3O3S/c1-12-18-19-17(20(12)10-13-6-4-3-5-7-13)24-11-14-8-9-15(23-14)16(21)22-2/h3-9H,10-11H2,1-2H3. The molecule has 0 saturated carbocycles. The molecule has 0 bridgehead atoms. The van der Waals surface area contributed by atoms with Crippen LogP contribution in [0, 0.1) is 6.92 Å². The molecule has 0 amide bonds. The van der Waals surface area contributed by atoms with Gasteiger partial charge in [0.25, 0.3) is 0 Å². The van der Waals surface area contributed by atoms with Crippen LogP contribution >= 0.6 is 11.8 Å². The lowest BCUT2D eigenvalue weighted by atomic mass is 10.2. The molecule has 6 nitrogen and oxygen atoms in total. The molecule has 0 aliphatic carbocycles. The Labute approximate surface area is 143 Å². The molecular weight excluding hydrogens is 326 g/mol. The van der Waals surface area contributed by atoms with Gasteiger partial charge in [-0.05, 0) is 24.6 Å². The van der Waals surface area contributed by atoms with Gasteiger partial charge in [0.05, 0.1) is 19.4 Å². The van der Waals surface area contributed by atoms with E-state index in [1.54, 1.807) is 12.1 Å². The van der Waals surface area contributed by atoms with E-state index in [9.17, 15) is 4.79 Å². The largest absolute Gasteiger partial charge is 0.463 e. The Morgan fingerprint density at radius 3 is 2.75 bits per heavy atom. The fraction of sp³-hybridized carbons (Fsp3) is 0.235. The average molecular weight is 343 g/mol. The average Bonchev–Trinajstić information content (AvgIpc) is 3.21. The van der Waals surface area contributed by atoms with Crippen molar-refractivity contribution in [3.05, 3.63) is 65.4 Å². The monoisotopic (exact) mass is 343 g/mol. The highest BCUT2D eigenvalue weighted by Gasteiger charge is 2.14. The zero-order valence-electron chi connectivity index (χ0n) is 13.4. The van der Waals surface area contributed by atoms with Gasteiger partial charge in [-0.3, -0.25) is 0 Å². The summed E-state index contributed by atoms with van der Waals surface area (Å²) in [6.45, 7) is 2.65. The molecule has 0 fully saturated rings. The van der Waals surface area contributed by atoms with E-state index in [0.717, 1.165) is 11.0 Å². The first-order chi connectivity index (χ1) is 11.7. The molecule has 7 heteroatoms. The number of methoxy groups -OCH3 is 1. The summed E-state index contributed by atoms with van der Waals surface area (Å²) in [5, 5.41) is 9.20. The molecule has 124 valence electrons. The topological polar surface area (TPSA) is 70.2 Å². The SMILES string of the molecule is COC(=O)c1ccc(CSc2nnc(C)n2Cc2ccccc2)o1. The second-order valence-corrected chi connectivity index (χ2v) is 6.09. The van der Waals surface area contributed by atoms with Gasteiger partial charge >= 0.3 is 5.97 Å². The highest BCUT2D eigenvalue weighted by Crippen LogP contribution is 2.24. The summed E-state index contributed by atoms with van der Waals surface area (Å²) in [6, 6.07) is 13.5. The molecule has 0 aliphatic heterocycles. The van der Waals surface area contributed by atoms with Gasteiger partial charge < -0.3 is 13.7 Å². The third-order valence-corrected chi connectivity index (χ3v) is 4.47. The zero-order chi connectivity index (χ0) is 16.9. The minimum Gasteiger partial charge on any atom is -0.463 e. The Morgan fingerprint density at radius 2 is 2.00 bits per heavy atom. The van der Waals surface area contributed by atoms with Gasteiger partial charge in [0.1, 0.15) is 11.6 Å². The van der Waals surface area contributed by atoms with E-state index in [1.165, 1.54) is 24.4 Å². The van der Waals surface area contributed by atoms with E-state index >= 15 is 0 Å². The molecule has 0 N–H and O–H groups in total. The van der Waals surface area contributed by atoms with Crippen molar-refractivity contribution in [2.24, 2.45) is 0 Å². The molecule has 0 unspecified atom stereocenters. The summed E-state index contributed by atoms with van der Waals surface area (Å²) in [5.41, 5.74) is 1.19. The fourth-order valence-electron chi connectivity index (χ4n) is 2.22. The van der Waals surface area contributed by atoms with E-state index < -0.39 is 5.97 Å². The van der Waals surface area contributed by atoms with Crippen LogP contribution in [0.3, 0.4) is 0 Å². The van der Waals surface area contributed by atoms with E-state index in [-0.39, 0.29) is 5.76 Å². The van der Waals surface area contributed by atoms with Crippen molar-refractivity contribution in [3.8, 4) is 0 Å². The minimum atomic E-state index is -0.477. The van der Waals surface area contributed by atoms with E-state index in [2.05, 4.69) is 31.6 Å². The number of thioether (sulfide) groups is 1. The van der Waals surface area contributed by atoms with Gasteiger partial charge in [-0.2, -0.15) is 0 Å². The molecule has 3 aromatic rings. The van der Waals surface area contributed by atoms with E-state index in [1.807, 2.05) is 25.1 Å². The summed E-state index contributed by atoms with van der Waals surface area (Å²) >= 11 is 1.52. The van der Waals surface area contributed by atoms with Crippen LogP contribution in [-0.2, 0) is 17.0 Å². The van der Waals surface area contributed by atoms with Gasteiger partial charge in [0.2, 0.25) is 5.76 Å². The molecule has 3 rings (SSSR count). The number of furan rings is 1. The second-order valence-electron chi connectivity index (χ2n) is 5.15. The summed E-state index contributed by atoms with van der Waals surface area (Å²) in [5.74, 6) is 1.83. The molecule has 0 atom stereocenters. The molecule has 0 saturated heterocycles. The van der Waals surface area contributed by atoms with Crippen LogP contribution in [0.2, 0.25) is 0 Å². The summed E-state index contributed by atoms with van der Waals surface area (Å²) < 4.78 is 12.2. The van der Waals surface area contributed by atoms with Crippen LogP contribution in [-0.4, -0.2) is 27.8 Å². The molecule has 2 aromatic heterocycles. The van der Waals surface area contributed by atoms with Crippen molar-refractivity contribution in [2.75, 3.05) is 7.11 Å². The zero-order valence-corrected chi connectivity index (χ0v) is 14.2. The van der Waals surface area contributed by atoms with Gasteiger partial charge in [0.15, 0.2) is 5.16 Å². The van der Waals surface area contributed by atoms with Crippen LogP contribution in [0.4, 0.5) is 0 Å². The second kappa shape index (κ2) is 7.35. The lowest BCUT2D eigenvalue weighted by Gasteiger charge is -2.08. The predicted octanol–water partition coefficient (Wildman–Crippen LogP) is 3.31.